The lowest BCUT2D eigenvalue weighted by molar-refractivity contribution is -0.148. The molecule has 2 N–H and O–H groups in total. The number of carbonyl (C=O) groups excluding carboxylic acids is 1. The molecule has 68 valence electrons. The van der Waals surface area contributed by atoms with Crippen LogP contribution < -0.4 is 5.43 Å². The van der Waals surface area contributed by atoms with Crippen LogP contribution in [-0.4, -0.2) is 36.0 Å². The van der Waals surface area contributed by atoms with Crippen LogP contribution >= 0.6 is 0 Å². The van der Waals surface area contributed by atoms with Gasteiger partial charge < -0.3 is 9.84 Å². The summed E-state index contributed by atoms with van der Waals surface area (Å²) in [6.45, 7) is 2.03. The van der Waals surface area contributed by atoms with Crippen molar-refractivity contribution in [3.63, 3.8) is 0 Å². The number of aliphatic hydroxyl groups excluding tert-OH is 1. The van der Waals surface area contributed by atoms with Crippen molar-refractivity contribution in [2.24, 2.45) is 5.10 Å². The Kier molecular flexibility index (Phi) is 3.04. The smallest absolute Gasteiger partial charge is 0.332 e. The molecule has 0 radical (unpaired) electrons. The molecule has 0 amide bonds. The number of ether oxygens (including phenoxy) is 1. The Balaban J connectivity index is 2.49. The number of esters is 1. The average Bonchev–Trinajstić information content (AvgIpc) is 2.05. The molecule has 1 rings (SSSR count). The molecule has 0 aromatic heterocycles. The Labute approximate surface area is 70.4 Å². The molecule has 0 aromatic rings. The van der Waals surface area contributed by atoms with Gasteiger partial charge in [-0.2, -0.15) is 5.10 Å². The summed E-state index contributed by atoms with van der Waals surface area (Å²) < 4.78 is 4.72. The summed E-state index contributed by atoms with van der Waals surface area (Å²) in [5.74, 6) is -0.457. The first kappa shape index (κ1) is 8.99. The topological polar surface area (TPSA) is 70.9 Å². The van der Waals surface area contributed by atoms with Gasteiger partial charge in [0.1, 0.15) is 0 Å². The summed E-state index contributed by atoms with van der Waals surface area (Å²) in [5, 5.41) is 13.0. The monoisotopic (exact) mass is 172 g/mol. The number of nitrogens with zero attached hydrogens (tertiary/aromatic N) is 1. The van der Waals surface area contributed by atoms with Crippen molar-refractivity contribution < 1.29 is 14.6 Å². The van der Waals surface area contributed by atoms with E-state index in [2.05, 4.69) is 10.5 Å². The van der Waals surface area contributed by atoms with Gasteiger partial charge in [0, 0.05) is 12.6 Å². The highest BCUT2D eigenvalue weighted by Crippen LogP contribution is 2.04. The molecule has 0 unspecified atom stereocenters. The minimum absolute atomic E-state index is 0.313. The second-order valence-electron chi connectivity index (χ2n) is 2.47. The first-order valence-corrected chi connectivity index (χ1v) is 3.87. The zero-order valence-electron chi connectivity index (χ0n) is 6.86. The van der Waals surface area contributed by atoms with Crippen LogP contribution in [0.5, 0.6) is 0 Å². The van der Waals surface area contributed by atoms with Gasteiger partial charge in [0.15, 0.2) is 6.04 Å². The predicted octanol–water partition coefficient (Wildman–Crippen LogP) is -0.742. The number of hydrogen-bond acceptors (Lipinski definition) is 5. The second-order valence-corrected chi connectivity index (χ2v) is 2.47. The molecule has 2 atom stereocenters. The Hall–Kier alpha value is -1.10. The van der Waals surface area contributed by atoms with Gasteiger partial charge in [-0.1, -0.05) is 0 Å². The van der Waals surface area contributed by atoms with E-state index in [1.165, 1.54) is 6.21 Å². The van der Waals surface area contributed by atoms with Crippen molar-refractivity contribution >= 4 is 12.2 Å². The van der Waals surface area contributed by atoms with Gasteiger partial charge in [0.25, 0.3) is 0 Å². The second kappa shape index (κ2) is 4.06. The fraction of sp³-hybridized carbons (Fsp3) is 0.714. The van der Waals surface area contributed by atoms with Crippen molar-refractivity contribution in [3.8, 4) is 0 Å². The maximum atomic E-state index is 11.1. The molecule has 0 spiro atoms. The summed E-state index contributed by atoms with van der Waals surface area (Å²) in [7, 11) is 0. The van der Waals surface area contributed by atoms with Crippen molar-refractivity contribution in [1.82, 2.24) is 5.43 Å². The van der Waals surface area contributed by atoms with E-state index in [-0.39, 0.29) is 0 Å². The van der Waals surface area contributed by atoms with Crippen LogP contribution in [0, 0.1) is 0 Å². The van der Waals surface area contributed by atoms with Gasteiger partial charge in [-0.25, -0.2) is 4.79 Å². The Bertz CT molecular complexity index is 193. The van der Waals surface area contributed by atoms with Crippen molar-refractivity contribution in [2.45, 2.75) is 25.5 Å². The van der Waals surface area contributed by atoms with Gasteiger partial charge in [-0.15, -0.1) is 0 Å². The first-order valence-electron chi connectivity index (χ1n) is 3.87. The maximum Gasteiger partial charge on any atom is 0.332 e. The number of hydrogen-bond donors (Lipinski definition) is 2. The molecular weight excluding hydrogens is 160 g/mol. The molecule has 5 heteroatoms. The summed E-state index contributed by atoms with van der Waals surface area (Å²) in [5.41, 5.74) is 2.50. The van der Waals surface area contributed by atoms with Crippen LogP contribution in [0.3, 0.4) is 0 Å². The zero-order valence-corrected chi connectivity index (χ0v) is 6.86. The van der Waals surface area contributed by atoms with Gasteiger partial charge in [-0.05, 0) is 6.92 Å². The lowest BCUT2D eigenvalue weighted by atomic mass is 10.1. The van der Waals surface area contributed by atoms with Crippen LogP contribution in [-0.2, 0) is 9.53 Å². The third-order valence-electron chi connectivity index (χ3n) is 1.58. The molecule has 0 aliphatic carbocycles. The molecule has 0 aromatic carbocycles. The molecule has 0 saturated heterocycles. The summed E-state index contributed by atoms with van der Waals surface area (Å²) >= 11 is 0. The lowest BCUT2D eigenvalue weighted by Gasteiger charge is -2.22. The van der Waals surface area contributed by atoms with Gasteiger partial charge in [0.05, 0.1) is 12.7 Å². The summed E-state index contributed by atoms with van der Waals surface area (Å²) in [6, 6.07) is -0.713. The molecule has 1 aliphatic rings. The van der Waals surface area contributed by atoms with E-state index in [0.717, 1.165) is 0 Å². The van der Waals surface area contributed by atoms with Gasteiger partial charge in [0.2, 0.25) is 0 Å². The van der Waals surface area contributed by atoms with E-state index < -0.39 is 18.1 Å². The number of nitrogens with one attached hydrogen (secondary N) is 1. The quantitative estimate of drug-likeness (QED) is 0.538. The largest absolute Gasteiger partial charge is 0.464 e. The summed E-state index contributed by atoms with van der Waals surface area (Å²) in [6.07, 6.45) is 1.18. The molecule has 0 fully saturated rings. The number of carbonyl (C=O) groups is 1. The Morgan fingerprint density at radius 3 is 3.25 bits per heavy atom. The van der Waals surface area contributed by atoms with E-state index in [1.807, 2.05) is 0 Å². The fourth-order valence-electron chi connectivity index (χ4n) is 0.958. The number of aliphatic hydroxyl groups is 1. The molecular formula is C7H12N2O3. The molecule has 12 heavy (non-hydrogen) atoms. The van der Waals surface area contributed by atoms with Gasteiger partial charge >= 0.3 is 5.97 Å². The third-order valence-corrected chi connectivity index (χ3v) is 1.58. The van der Waals surface area contributed by atoms with Crippen LogP contribution in [0.2, 0.25) is 0 Å². The fourth-order valence-corrected chi connectivity index (χ4v) is 0.958. The normalized spacial score (nSPS) is 27.8. The van der Waals surface area contributed by atoms with E-state index in [9.17, 15) is 9.90 Å². The Morgan fingerprint density at radius 2 is 2.67 bits per heavy atom. The number of rotatable bonds is 2. The molecule has 1 aliphatic heterocycles. The van der Waals surface area contributed by atoms with E-state index in [1.54, 1.807) is 6.92 Å². The minimum atomic E-state index is -0.735. The van der Waals surface area contributed by atoms with Crippen molar-refractivity contribution in [1.29, 1.82) is 0 Å². The van der Waals surface area contributed by atoms with E-state index >= 15 is 0 Å². The van der Waals surface area contributed by atoms with E-state index in [4.69, 9.17) is 4.74 Å². The molecule has 0 bridgehead atoms. The lowest BCUT2D eigenvalue weighted by Crippen LogP contribution is -2.47. The third kappa shape index (κ3) is 1.94. The standard InChI is InChI=1S/C7H12N2O3/c1-2-12-7(11)6-5(10)3-4-8-9-6/h4-6,9-10H,2-3H2,1H3/t5-,6-/m0/s1. The van der Waals surface area contributed by atoms with Crippen molar-refractivity contribution in [3.05, 3.63) is 0 Å². The minimum Gasteiger partial charge on any atom is -0.464 e. The highest BCUT2D eigenvalue weighted by Gasteiger charge is 2.28. The zero-order chi connectivity index (χ0) is 8.97. The molecule has 1 heterocycles. The van der Waals surface area contributed by atoms with Crippen LogP contribution in [0.15, 0.2) is 5.10 Å². The highest BCUT2D eigenvalue weighted by molar-refractivity contribution is 5.78. The molecule has 5 nitrogen and oxygen atoms in total. The molecule has 0 saturated carbocycles. The summed E-state index contributed by atoms with van der Waals surface area (Å²) in [4.78, 5) is 11.1. The average molecular weight is 172 g/mol. The first-order chi connectivity index (χ1) is 5.75. The van der Waals surface area contributed by atoms with Crippen LogP contribution in [0.25, 0.3) is 0 Å². The number of hydrazone groups is 1. The highest BCUT2D eigenvalue weighted by atomic mass is 16.5. The predicted molar refractivity (Wildman–Crippen MR) is 42.7 cm³/mol. The maximum absolute atomic E-state index is 11.1. The van der Waals surface area contributed by atoms with Crippen molar-refractivity contribution in [2.75, 3.05) is 6.61 Å². The van der Waals surface area contributed by atoms with Crippen LogP contribution in [0.4, 0.5) is 0 Å². The Morgan fingerprint density at radius 1 is 1.92 bits per heavy atom. The van der Waals surface area contributed by atoms with Crippen LogP contribution in [0.1, 0.15) is 13.3 Å². The van der Waals surface area contributed by atoms with Gasteiger partial charge in [-0.3, -0.25) is 5.43 Å². The SMILES string of the molecule is CCOC(=O)[C@H]1NN=CC[C@@H]1O. The van der Waals surface area contributed by atoms with E-state index in [0.29, 0.717) is 13.0 Å².